The molecule has 1 heterocycles. The molecule has 3 rings (SSSR count). The number of aliphatic carboxylic acids is 1. The molecule has 2 aromatic carbocycles. The van der Waals surface area contributed by atoms with Crippen molar-refractivity contribution in [1.82, 2.24) is 9.88 Å². The fourth-order valence-electron chi connectivity index (χ4n) is 3.87. The number of halogens is 1. The number of carbonyl (C=O) groups is 2. The second-order valence-corrected chi connectivity index (χ2v) is 8.63. The minimum absolute atomic E-state index is 0.0820. The summed E-state index contributed by atoms with van der Waals surface area (Å²) in [6.45, 7) is 7.96. The summed E-state index contributed by atoms with van der Waals surface area (Å²) in [7, 11) is 1.83. The number of hydrogen-bond acceptors (Lipinski definition) is 3. The lowest BCUT2D eigenvalue weighted by Crippen LogP contribution is -2.25. The van der Waals surface area contributed by atoms with Crippen molar-refractivity contribution in [3.05, 3.63) is 93.8 Å². The van der Waals surface area contributed by atoms with E-state index >= 15 is 0 Å². The molecule has 1 amide bonds. The second-order valence-electron chi connectivity index (χ2n) is 8.20. The molecule has 182 valence electrons. The van der Waals surface area contributed by atoms with E-state index in [-0.39, 0.29) is 18.9 Å². The monoisotopic (exact) mass is 492 g/mol. The van der Waals surface area contributed by atoms with Crippen LogP contribution in [0.25, 0.3) is 12.2 Å². The molecule has 3 aromatic rings. The number of rotatable bonds is 10. The molecule has 0 atom stereocenters. The van der Waals surface area contributed by atoms with Crippen LogP contribution in [0, 0.1) is 6.92 Å². The molecule has 0 saturated heterocycles. The lowest BCUT2D eigenvalue weighted by Gasteiger charge is -2.12. The number of carboxylic acids is 1. The molecular weight excluding hydrogens is 464 g/mol. The van der Waals surface area contributed by atoms with Crippen LogP contribution in [0.3, 0.4) is 0 Å². The van der Waals surface area contributed by atoms with Crippen LogP contribution in [0.5, 0.6) is 11.5 Å². The van der Waals surface area contributed by atoms with Gasteiger partial charge in [-0.25, -0.2) is 0 Å². The quantitative estimate of drug-likeness (QED) is 0.343. The van der Waals surface area contributed by atoms with Gasteiger partial charge in [0.15, 0.2) is 0 Å². The Morgan fingerprint density at radius 3 is 2.60 bits per heavy atom. The van der Waals surface area contributed by atoms with Crippen LogP contribution in [-0.2, 0) is 24.8 Å². The number of carboxylic acid groups (broad SMARTS) is 1. The van der Waals surface area contributed by atoms with Gasteiger partial charge in [0.25, 0.3) is 5.91 Å². The maximum Gasteiger partial charge on any atom is 0.303 e. The molecule has 0 bridgehead atoms. The molecule has 0 radical (unpaired) electrons. The van der Waals surface area contributed by atoms with Crippen LogP contribution in [0.15, 0.2) is 55.1 Å². The molecule has 0 saturated carbocycles. The second kappa shape index (κ2) is 11.6. The molecule has 6 nitrogen and oxygen atoms in total. The molecule has 35 heavy (non-hydrogen) atoms. The van der Waals surface area contributed by atoms with Gasteiger partial charge in [-0.1, -0.05) is 36.4 Å². The van der Waals surface area contributed by atoms with E-state index in [4.69, 9.17) is 21.4 Å². The summed E-state index contributed by atoms with van der Waals surface area (Å²) in [6, 6.07) is 12.7. The number of nitrogens with one attached hydrogen (secondary N) is 1. The number of amides is 1. The predicted octanol–water partition coefficient (Wildman–Crippen LogP) is 6.40. The fourth-order valence-corrected chi connectivity index (χ4v) is 4.12. The summed E-state index contributed by atoms with van der Waals surface area (Å²) < 4.78 is 7.81. The fraction of sp³-hybridized carbons (Fsp3) is 0.214. The number of aromatic nitrogens is 1. The molecule has 0 aliphatic carbocycles. The Kier molecular flexibility index (Phi) is 8.55. The highest BCUT2D eigenvalue weighted by Gasteiger charge is 2.15. The molecule has 0 unspecified atom stereocenters. The Labute approximate surface area is 210 Å². The van der Waals surface area contributed by atoms with Gasteiger partial charge in [0, 0.05) is 36.3 Å². The summed E-state index contributed by atoms with van der Waals surface area (Å²) in [5.74, 6) is 0.134. The van der Waals surface area contributed by atoms with Crippen molar-refractivity contribution in [2.45, 2.75) is 33.2 Å². The Balaban J connectivity index is 1.71. The van der Waals surface area contributed by atoms with Gasteiger partial charge in [-0.2, -0.15) is 0 Å². The molecular formula is C28H29ClN2O4. The highest BCUT2D eigenvalue weighted by atomic mass is 35.5. The Hall–Kier alpha value is -3.77. The molecule has 1 aromatic heterocycles. The standard InChI is InChI=1S/C28H29ClN2O4/c1-5-7-21-15-26(31(4)25(21)6-2)28(34)30-17-19-13-22(29)16-24(14-19)35-23-10-8-20(18(3)12-23)9-11-27(32)33/h5-8,10,12-16H,2,9,11,17H2,1,3-4H3,(H,30,34)(H,32,33)/b7-5+. The van der Waals surface area contributed by atoms with Crippen LogP contribution in [-0.4, -0.2) is 21.6 Å². The number of benzene rings is 2. The third kappa shape index (κ3) is 6.64. The normalized spacial score (nSPS) is 11.0. The van der Waals surface area contributed by atoms with Gasteiger partial charge in [-0.3, -0.25) is 9.59 Å². The summed E-state index contributed by atoms with van der Waals surface area (Å²) in [4.78, 5) is 23.7. The molecule has 0 aliphatic heterocycles. The van der Waals surface area contributed by atoms with Crippen LogP contribution < -0.4 is 10.1 Å². The van der Waals surface area contributed by atoms with Gasteiger partial charge in [0.2, 0.25) is 0 Å². The third-order valence-electron chi connectivity index (χ3n) is 5.63. The lowest BCUT2D eigenvalue weighted by molar-refractivity contribution is -0.136. The van der Waals surface area contributed by atoms with Gasteiger partial charge in [0.05, 0.1) is 0 Å². The first-order chi connectivity index (χ1) is 16.7. The zero-order chi connectivity index (χ0) is 25.5. The lowest BCUT2D eigenvalue weighted by atomic mass is 10.0. The maximum absolute atomic E-state index is 12.9. The molecule has 0 aliphatic rings. The van der Waals surface area contributed by atoms with Gasteiger partial charge in [-0.15, -0.1) is 0 Å². The minimum Gasteiger partial charge on any atom is -0.481 e. The van der Waals surface area contributed by atoms with E-state index in [0.717, 1.165) is 27.9 Å². The number of allylic oxidation sites excluding steroid dienone is 1. The number of nitrogens with zero attached hydrogens (tertiary/aromatic N) is 1. The molecule has 0 fully saturated rings. The maximum atomic E-state index is 12.9. The van der Waals surface area contributed by atoms with Crippen LogP contribution in [0.4, 0.5) is 0 Å². The van der Waals surface area contributed by atoms with Crippen molar-refractivity contribution in [2.24, 2.45) is 7.05 Å². The van der Waals surface area contributed by atoms with E-state index in [2.05, 4.69) is 11.9 Å². The highest BCUT2D eigenvalue weighted by Crippen LogP contribution is 2.28. The van der Waals surface area contributed by atoms with Crippen molar-refractivity contribution in [1.29, 1.82) is 0 Å². The van der Waals surface area contributed by atoms with Crippen LogP contribution >= 0.6 is 11.6 Å². The largest absolute Gasteiger partial charge is 0.481 e. The van der Waals surface area contributed by atoms with E-state index in [1.807, 2.05) is 67.9 Å². The molecule has 2 N–H and O–H groups in total. The summed E-state index contributed by atoms with van der Waals surface area (Å²) in [5, 5.41) is 12.3. The van der Waals surface area contributed by atoms with Crippen LogP contribution in [0.2, 0.25) is 5.02 Å². The number of aryl methyl sites for hydroxylation is 2. The van der Waals surface area contributed by atoms with Gasteiger partial charge in [-0.05, 0) is 79.4 Å². The van der Waals surface area contributed by atoms with E-state index in [1.54, 1.807) is 18.2 Å². The predicted molar refractivity (Wildman–Crippen MR) is 140 cm³/mol. The summed E-state index contributed by atoms with van der Waals surface area (Å²) >= 11 is 6.31. The summed E-state index contributed by atoms with van der Waals surface area (Å²) in [5.41, 5.74) is 5.05. The third-order valence-corrected chi connectivity index (χ3v) is 5.84. The van der Waals surface area contributed by atoms with Gasteiger partial charge >= 0.3 is 5.97 Å². The smallest absolute Gasteiger partial charge is 0.303 e. The topological polar surface area (TPSA) is 80.6 Å². The van der Waals surface area contributed by atoms with E-state index in [9.17, 15) is 9.59 Å². The van der Waals surface area contributed by atoms with E-state index < -0.39 is 5.97 Å². The SMILES string of the molecule is C=Cc1c(/C=C/C)cc(C(=O)NCc2cc(Cl)cc(Oc3ccc(CCC(=O)O)c(C)c3)c2)n1C. The first-order valence-corrected chi connectivity index (χ1v) is 11.6. The zero-order valence-electron chi connectivity index (χ0n) is 20.1. The number of hydrogen-bond donors (Lipinski definition) is 2. The average Bonchev–Trinajstić information content (AvgIpc) is 3.11. The Morgan fingerprint density at radius 1 is 1.17 bits per heavy atom. The first-order valence-electron chi connectivity index (χ1n) is 11.2. The van der Waals surface area contributed by atoms with E-state index in [0.29, 0.717) is 28.6 Å². The van der Waals surface area contributed by atoms with E-state index in [1.165, 1.54) is 0 Å². The first kappa shape index (κ1) is 25.8. The van der Waals surface area contributed by atoms with Gasteiger partial charge < -0.3 is 19.7 Å². The van der Waals surface area contributed by atoms with Crippen molar-refractivity contribution in [2.75, 3.05) is 0 Å². The van der Waals surface area contributed by atoms with Crippen molar-refractivity contribution in [3.8, 4) is 11.5 Å². The van der Waals surface area contributed by atoms with Crippen molar-refractivity contribution >= 4 is 35.6 Å². The zero-order valence-corrected chi connectivity index (χ0v) is 20.9. The Bertz CT molecular complexity index is 1290. The number of ether oxygens (including phenoxy) is 1. The average molecular weight is 493 g/mol. The Morgan fingerprint density at radius 2 is 1.94 bits per heavy atom. The minimum atomic E-state index is -0.824. The molecule has 7 heteroatoms. The highest BCUT2D eigenvalue weighted by molar-refractivity contribution is 6.30. The molecule has 0 spiro atoms. The van der Waals surface area contributed by atoms with Crippen LogP contribution in [0.1, 0.15) is 51.8 Å². The van der Waals surface area contributed by atoms with Crippen molar-refractivity contribution < 1.29 is 19.4 Å². The van der Waals surface area contributed by atoms with Crippen molar-refractivity contribution in [3.63, 3.8) is 0 Å². The van der Waals surface area contributed by atoms with Gasteiger partial charge in [0.1, 0.15) is 17.2 Å². The number of carbonyl (C=O) groups excluding carboxylic acids is 1. The summed E-state index contributed by atoms with van der Waals surface area (Å²) in [6.07, 6.45) is 6.14.